The maximum Gasteiger partial charge on any atom is 0.326 e. The molecule has 1 rings (SSSR count). The quantitative estimate of drug-likeness (QED) is 0.785. The van der Waals surface area contributed by atoms with Crippen LogP contribution in [-0.2, 0) is 25.8 Å². The maximum atomic E-state index is 11.9. The fourth-order valence-electron chi connectivity index (χ4n) is 1.94. The van der Waals surface area contributed by atoms with Crippen molar-refractivity contribution in [2.45, 2.75) is 38.1 Å². The highest BCUT2D eigenvalue weighted by Crippen LogP contribution is 2.14. The van der Waals surface area contributed by atoms with Gasteiger partial charge in [-0.1, -0.05) is 32.9 Å². The second-order valence-electron chi connectivity index (χ2n) is 5.36. The summed E-state index contributed by atoms with van der Waals surface area (Å²) in [5.41, 5.74) is 0.528. The minimum Gasteiger partial charge on any atom is -0.480 e. The van der Waals surface area contributed by atoms with E-state index in [1.54, 1.807) is 32.9 Å². The first kappa shape index (κ1) is 18.2. The molecule has 0 unspecified atom stereocenters. The highest BCUT2D eigenvalue weighted by molar-refractivity contribution is 7.91. The van der Waals surface area contributed by atoms with Crippen molar-refractivity contribution >= 4 is 21.7 Å². The number of benzene rings is 1. The van der Waals surface area contributed by atoms with Gasteiger partial charge in [0, 0.05) is 0 Å². The fraction of sp³-hybridized carbons (Fsp3) is 0.467. The van der Waals surface area contributed by atoms with Gasteiger partial charge in [-0.05, 0) is 23.6 Å². The molecular formula is C15H21NO5S. The highest BCUT2D eigenvalue weighted by Gasteiger charge is 2.23. The molecule has 0 aliphatic carbocycles. The third kappa shape index (κ3) is 4.84. The van der Waals surface area contributed by atoms with Crippen molar-refractivity contribution in [1.29, 1.82) is 0 Å². The van der Waals surface area contributed by atoms with E-state index in [1.807, 2.05) is 0 Å². The van der Waals surface area contributed by atoms with Gasteiger partial charge in [0.05, 0.1) is 17.1 Å². The highest BCUT2D eigenvalue weighted by atomic mass is 32.2. The number of rotatable bonds is 7. The zero-order chi connectivity index (χ0) is 16.9. The lowest BCUT2D eigenvalue weighted by molar-refractivity contribution is -0.143. The Morgan fingerprint density at radius 2 is 1.91 bits per heavy atom. The molecule has 0 radical (unpaired) electrons. The van der Waals surface area contributed by atoms with Crippen molar-refractivity contribution in [3.8, 4) is 0 Å². The van der Waals surface area contributed by atoms with Gasteiger partial charge in [-0.25, -0.2) is 13.2 Å². The van der Waals surface area contributed by atoms with E-state index in [0.717, 1.165) is 0 Å². The van der Waals surface area contributed by atoms with Gasteiger partial charge in [0.15, 0.2) is 9.84 Å². The van der Waals surface area contributed by atoms with E-state index >= 15 is 0 Å². The van der Waals surface area contributed by atoms with Crippen molar-refractivity contribution in [3.63, 3.8) is 0 Å². The minimum atomic E-state index is -3.33. The first-order valence-electron chi connectivity index (χ1n) is 7.01. The van der Waals surface area contributed by atoms with Crippen molar-refractivity contribution in [1.82, 2.24) is 5.32 Å². The van der Waals surface area contributed by atoms with Gasteiger partial charge >= 0.3 is 5.97 Å². The molecule has 0 spiro atoms. The summed E-state index contributed by atoms with van der Waals surface area (Å²) in [5.74, 6) is -1.80. The van der Waals surface area contributed by atoms with E-state index in [1.165, 1.54) is 12.1 Å². The summed E-state index contributed by atoms with van der Waals surface area (Å²) in [5, 5.41) is 11.5. The summed E-state index contributed by atoms with van der Waals surface area (Å²) >= 11 is 0. The Bertz CT molecular complexity index is 652. The second-order valence-corrected chi connectivity index (χ2v) is 7.63. The Morgan fingerprint density at radius 3 is 2.41 bits per heavy atom. The molecule has 0 fully saturated rings. The number of hydrogen-bond acceptors (Lipinski definition) is 4. The summed E-state index contributed by atoms with van der Waals surface area (Å²) in [6, 6.07) is 5.18. The normalized spacial score (nSPS) is 12.9. The van der Waals surface area contributed by atoms with Crippen LogP contribution in [0.5, 0.6) is 0 Å². The SMILES string of the molecule is CCS(=O)(=O)c1cccc(CC(=O)N[C@H](C(=O)O)C(C)C)c1. The van der Waals surface area contributed by atoms with Gasteiger partial charge in [0.1, 0.15) is 6.04 Å². The van der Waals surface area contributed by atoms with Gasteiger partial charge in [-0.3, -0.25) is 4.79 Å². The average Bonchev–Trinajstić information content (AvgIpc) is 2.44. The van der Waals surface area contributed by atoms with Gasteiger partial charge < -0.3 is 10.4 Å². The minimum absolute atomic E-state index is 0.0168. The van der Waals surface area contributed by atoms with Gasteiger partial charge in [-0.2, -0.15) is 0 Å². The van der Waals surface area contributed by atoms with Crippen LogP contribution in [0.2, 0.25) is 0 Å². The van der Waals surface area contributed by atoms with Crippen LogP contribution in [0.1, 0.15) is 26.3 Å². The topological polar surface area (TPSA) is 101 Å². The molecule has 1 atom stereocenters. The van der Waals surface area contributed by atoms with Crippen LogP contribution in [0.3, 0.4) is 0 Å². The van der Waals surface area contributed by atoms with E-state index < -0.39 is 27.8 Å². The van der Waals surface area contributed by atoms with Crippen LogP contribution in [0, 0.1) is 5.92 Å². The third-order valence-electron chi connectivity index (χ3n) is 3.25. The molecule has 0 saturated carbocycles. The Labute approximate surface area is 130 Å². The van der Waals surface area contributed by atoms with E-state index in [2.05, 4.69) is 5.32 Å². The van der Waals surface area contributed by atoms with E-state index in [4.69, 9.17) is 5.11 Å². The number of aliphatic carboxylic acids is 1. The summed E-state index contributed by atoms with van der Waals surface area (Å²) in [6.07, 6.45) is -0.0659. The number of carbonyl (C=O) groups is 2. The smallest absolute Gasteiger partial charge is 0.326 e. The molecule has 0 aliphatic rings. The van der Waals surface area contributed by atoms with Crippen LogP contribution in [0.25, 0.3) is 0 Å². The Morgan fingerprint density at radius 1 is 1.27 bits per heavy atom. The van der Waals surface area contributed by atoms with E-state index in [0.29, 0.717) is 5.56 Å². The predicted molar refractivity (Wildman–Crippen MR) is 82.3 cm³/mol. The lowest BCUT2D eigenvalue weighted by Gasteiger charge is -2.18. The van der Waals surface area contributed by atoms with Crippen LogP contribution < -0.4 is 5.32 Å². The predicted octanol–water partition coefficient (Wildman–Crippen LogP) is 1.25. The van der Waals surface area contributed by atoms with Crippen LogP contribution >= 0.6 is 0 Å². The largest absolute Gasteiger partial charge is 0.480 e. The maximum absolute atomic E-state index is 11.9. The number of sulfone groups is 1. The van der Waals surface area contributed by atoms with Crippen molar-refractivity contribution < 1.29 is 23.1 Å². The summed E-state index contributed by atoms with van der Waals surface area (Å²) in [7, 11) is -3.33. The molecule has 1 amide bonds. The molecular weight excluding hydrogens is 306 g/mol. The molecule has 2 N–H and O–H groups in total. The van der Waals surface area contributed by atoms with Crippen molar-refractivity contribution in [2.75, 3.05) is 5.75 Å². The number of carboxylic acid groups (broad SMARTS) is 1. The van der Waals surface area contributed by atoms with E-state index in [-0.39, 0.29) is 23.0 Å². The number of amides is 1. The van der Waals surface area contributed by atoms with E-state index in [9.17, 15) is 18.0 Å². The molecule has 0 aromatic heterocycles. The molecule has 1 aromatic carbocycles. The molecule has 22 heavy (non-hydrogen) atoms. The Hall–Kier alpha value is -1.89. The third-order valence-corrected chi connectivity index (χ3v) is 4.98. The van der Waals surface area contributed by atoms with Gasteiger partial charge in [-0.15, -0.1) is 0 Å². The number of hydrogen-bond donors (Lipinski definition) is 2. The van der Waals surface area contributed by atoms with Crippen LogP contribution in [0.15, 0.2) is 29.2 Å². The summed E-state index contributed by atoms with van der Waals surface area (Å²) in [6.45, 7) is 4.95. The molecule has 0 bridgehead atoms. The van der Waals surface area contributed by atoms with Gasteiger partial charge in [0.2, 0.25) is 5.91 Å². The number of carbonyl (C=O) groups excluding carboxylic acids is 1. The Balaban J connectivity index is 2.85. The molecule has 122 valence electrons. The van der Waals surface area contributed by atoms with Crippen molar-refractivity contribution in [2.24, 2.45) is 5.92 Å². The average molecular weight is 327 g/mol. The summed E-state index contributed by atoms with van der Waals surface area (Å²) < 4.78 is 23.6. The number of nitrogens with one attached hydrogen (secondary N) is 1. The molecule has 0 heterocycles. The fourth-order valence-corrected chi connectivity index (χ4v) is 2.89. The number of carboxylic acids is 1. The van der Waals surface area contributed by atoms with Crippen molar-refractivity contribution in [3.05, 3.63) is 29.8 Å². The lowest BCUT2D eigenvalue weighted by atomic mass is 10.0. The monoisotopic (exact) mass is 327 g/mol. The molecule has 0 saturated heterocycles. The first-order valence-corrected chi connectivity index (χ1v) is 8.66. The first-order chi connectivity index (χ1) is 10.2. The molecule has 7 heteroatoms. The zero-order valence-corrected chi connectivity index (χ0v) is 13.7. The molecule has 6 nitrogen and oxygen atoms in total. The zero-order valence-electron chi connectivity index (χ0n) is 12.9. The lowest BCUT2D eigenvalue weighted by Crippen LogP contribution is -2.44. The standard InChI is InChI=1S/C15H21NO5S/c1-4-22(20,21)12-7-5-6-11(8-12)9-13(17)16-14(10(2)3)15(18)19/h5-8,10,14H,4,9H2,1-3H3,(H,16,17)(H,18,19)/t14-/m0/s1. The Kier molecular flexibility index (Phi) is 6.11. The van der Waals surface area contributed by atoms with Crippen LogP contribution in [-0.4, -0.2) is 37.2 Å². The molecule has 1 aromatic rings. The summed E-state index contributed by atoms with van der Waals surface area (Å²) in [4.78, 5) is 23.2. The van der Waals surface area contributed by atoms with Gasteiger partial charge in [0.25, 0.3) is 0 Å². The van der Waals surface area contributed by atoms with Crippen LogP contribution in [0.4, 0.5) is 0 Å². The second kappa shape index (κ2) is 7.40. The molecule has 0 aliphatic heterocycles.